The number of nitrogens with one attached hydrogen (secondary N) is 1. The fourth-order valence-electron chi connectivity index (χ4n) is 1.89. The van der Waals surface area contributed by atoms with Crippen molar-refractivity contribution < 1.29 is 4.79 Å². The summed E-state index contributed by atoms with van der Waals surface area (Å²) in [7, 11) is 1.76. The zero-order valence-electron chi connectivity index (χ0n) is 9.49. The second kappa shape index (κ2) is 5.72. The van der Waals surface area contributed by atoms with Gasteiger partial charge in [-0.3, -0.25) is 4.79 Å². The molecule has 0 aromatic carbocycles. The van der Waals surface area contributed by atoms with Gasteiger partial charge < -0.3 is 10.2 Å². The topological polar surface area (TPSA) is 56.1 Å². The van der Waals surface area contributed by atoms with E-state index in [-0.39, 0.29) is 11.9 Å². The van der Waals surface area contributed by atoms with Gasteiger partial charge in [-0.1, -0.05) is 6.92 Å². The van der Waals surface area contributed by atoms with Crippen molar-refractivity contribution in [3.8, 4) is 6.07 Å². The molecule has 2 atom stereocenters. The van der Waals surface area contributed by atoms with Crippen LogP contribution in [0.25, 0.3) is 0 Å². The first-order valence-corrected chi connectivity index (χ1v) is 5.50. The highest BCUT2D eigenvalue weighted by Crippen LogP contribution is 2.16. The largest absolute Gasteiger partial charge is 0.343 e. The third-order valence-electron chi connectivity index (χ3n) is 2.90. The molecule has 0 aromatic heterocycles. The minimum Gasteiger partial charge on any atom is -0.343 e. The maximum absolute atomic E-state index is 11.9. The monoisotopic (exact) mass is 209 g/mol. The van der Waals surface area contributed by atoms with Gasteiger partial charge in [-0.15, -0.1) is 0 Å². The quantitative estimate of drug-likeness (QED) is 0.746. The van der Waals surface area contributed by atoms with Gasteiger partial charge in [0.15, 0.2) is 0 Å². The second-order valence-electron chi connectivity index (χ2n) is 4.30. The molecule has 2 unspecified atom stereocenters. The van der Waals surface area contributed by atoms with E-state index in [4.69, 9.17) is 5.26 Å². The lowest BCUT2D eigenvalue weighted by Gasteiger charge is -2.30. The molecular weight excluding hydrogens is 190 g/mol. The molecule has 1 rings (SSSR count). The first-order chi connectivity index (χ1) is 7.15. The predicted molar refractivity (Wildman–Crippen MR) is 58.1 cm³/mol. The maximum atomic E-state index is 11.9. The molecule has 4 nitrogen and oxygen atoms in total. The van der Waals surface area contributed by atoms with E-state index in [9.17, 15) is 4.79 Å². The summed E-state index contributed by atoms with van der Waals surface area (Å²) in [5.74, 6) is 0.737. The minimum atomic E-state index is -0.0440. The Balaban J connectivity index is 2.41. The summed E-state index contributed by atoms with van der Waals surface area (Å²) >= 11 is 0. The van der Waals surface area contributed by atoms with Crippen LogP contribution >= 0.6 is 0 Å². The number of hydrogen-bond donors (Lipinski definition) is 1. The molecule has 15 heavy (non-hydrogen) atoms. The van der Waals surface area contributed by atoms with Crippen molar-refractivity contribution in [1.82, 2.24) is 10.2 Å². The summed E-state index contributed by atoms with van der Waals surface area (Å²) in [5, 5.41) is 11.7. The van der Waals surface area contributed by atoms with Crippen LogP contribution in [0.15, 0.2) is 0 Å². The van der Waals surface area contributed by atoms with E-state index in [0.29, 0.717) is 18.9 Å². The molecule has 0 bridgehead atoms. The Kier molecular flexibility index (Phi) is 4.57. The Morgan fingerprint density at radius 2 is 2.40 bits per heavy atom. The van der Waals surface area contributed by atoms with E-state index in [0.717, 1.165) is 19.4 Å². The highest BCUT2D eigenvalue weighted by molar-refractivity contribution is 5.81. The Morgan fingerprint density at radius 3 is 3.00 bits per heavy atom. The van der Waals surface area contributed by atoms with Gasteiger partial charge in [0.25, 0.3) is 0 Å². The van der Waals surface area contributed by atoms with Crippen LogP contribution < -0.4 is 5.32 Å². The van der Waals surface area contributed by atoms with E-state index in [2.05, 4.69) is 18.3 Å². The predicted octanol–water partition coefficient (Wildman–Crippen LogP) is 0.747. The summed E-state index contributed by atoms with van der Waals surface area (Å²) in [5.41, 5.74) is 0. The molecule has 1 amide bonds. The normalized spacial score (nSPS) is 25.7. The highest BCUT2D eigenvalue weighted by Gasteiger charge is 2.26. The van der Waals surface area contributed by atoms with E-state index in [1.807, 2.05) is 0 Å². The zero-order valence-corrected chi connectivity index (χ0v) is 9.49. The fourth-order valence-corrected chi connectivity index (χ4v) is 1.89. The van der Waals surface area contributed by atoms with Crippen LogP contribution in [-0.2, 0) is 4.79 Å². The average Bonchev–Trinajstić information content (AvgIpc) is 2.24. The smallest absolute Gasteiger partial charge is 0.239 e. The molecule has 1 aliphatic rings. The molecule has 1 saturated heterocycles. The van der Waals surface area contributed by atoms with Gasteiger partial charge in [0.1, 0.15) is 0 Å². The summed E-state index contributed by atoms with van der Waals surface area (Å²) < 4.78 is 0. The molecule has 1 aliphatic heterocycles. The SMILES string of the molecule is CC1CCNC(C(=O)N(C)CCC#N)C1. The van der Waals surface area contributed by atoms with Gasteiger partial charge in [0, 0.05) is 13.6 Å². The van der Waals surface area contributed by atoms with Crippen molar-refractivity contribution in [2.24, 2.45) is 5.92 Å². The lowest BCUT2D eigenvalue weighted by atomic mass is 9.93. The number of carbonyl (C=O) groups excluding carboxylic acids is 1. The molecule has 0 aliphatic carbocycles. The van der Waals surface area contributed by atoms with Crippen molar-refractivity contribution in [3.63, 3.8) is 0 Å². The highest BCUT2D eigenvalue weighted by atomic mass is 16.2. The third-order valence-corrected chi connectivity index (χ3v) is 2.90. The second-order valence-corrected chi connectivity index (χ2v) is 4.30. The fraction of sp³-hybridized carbons (Fsp3) is 0.818. The molecular formula is C11H19N3O. The Morgan fingerprint density at radius 1 is 1.67 bits per heavy atom. The van der Waals surface area contributed by atoms with E-state index >= 15 is 0 Å². The van der Waals surface area contributed by atoms with Crippen molar-refractivity contribution in [2.45, 2.75) is 32.2 Å². The first-order valence-electron chi connectivity index (χ1n) is 5.50. The van der Waals surface area contributed by atoms with Crippen LogP contribution in [0, 0.1) is 17.2 Å². The van der Waals surface area contributed by atoms with Crippen LogP contribution in [0.4, 0.5) is 0 Å². The molecule has 84 valence electrons. The summed E-state index contributed by atoms with van der Waals surface area (Å²) in [6.07, 6.45) is 2.46. The van der Waals surface area contributed by atoms with E-state index in [1.165, 1.54) is 0 Å². The standard InChI is InChI=1S/C11H19N3O/c1-9-4-6-13-10(8-9)11(15)14(2)7-3-5-12/h9-10,13H,3-4,6-8H2,1-2H3. The summed E-state index contributed by atoms with van der Waals surface area (Å²) in [4.78, 5) is 13.6. The van der Waals surface area contributed by atoms with Gasteiger partial charge in [-0.25, -0.2) is 0 Å². The van der Waals surface area contributed by atoms with Crippen molar-refractivity contribution in [2.75, 3.05) is 20.1 Å². The van der Waals surface area contributed by atoms with E-state index < -0.39 is 0 Å². The first kappa shape index (κ1) is 12.0. The molecule has 4 heteroatoms. The molecule has 1 N–H and O–H groups in total. The van der Waals surface area contributed by atoms with Gasteiger partial charge >= 0.3 is 0 Å². The van der Waals surface area contributed by atoms with Crippen molar-refractivity contribution >= 4 is 5.91 Å². The van der Waals surface area contributed by atoms with Gasteiger partial charge in [0.05, 0.1) is 18.5 Å². The maximum Gasteiger partial charge on any atom is 0.239 e. The number of likely N-dealkylation sites (N-methyl/N-ethyl adjacent to an activating group) is 1. The number of nitriles is 1. The lowest BCUT2D eigenvalue weighted by molar-refractivity contribution is -0.133. The number of nitrogens with zero attached hydrogens (tertiary/aromatic N) is 2. The minimum absolute atomic E-state index is 0.0440. The van der Waals surface area contributed by atoms with Crippen LogP contribution in [0.1, 0.15) is 26.2 Å². The number of amides is 1. The molecule has 0 radical (unpaired) electrons. The molecule has 1 heterocycles. The number of hydrogen-bond acceptors (Lipinski definition) is 3. The van der Waals surface area contributed by atoms with Crippen LogP contribution in [0.2, 0.25) is 0 Å². The van der Waals surface area contributed by atoms with Crippen LogP contribution in [0.5, 0.6) is 0 Å². The van der Waals surface area contributed by atoms with Crippen LogP contribution in [0.3, 0.4) is 0 Å². The Bertz CT molecular complexity index is 259. The van der Waals surface area contributed by atoms with Gasteiger partial charge in [-0.2, -0.15) is 5.26 Å². The third kappa shape index (κ3) is 3.52. The molecule has 1 fully saturated rings. The lowest BCUT2D eigenvalue weighted by Crippen LogP contribution is -2.49. The average molecular weight is 209 g/mol. The Hall–Kier alpha value is -1.08. The number of rotatable bonds is 3. The van der Waals surface area contributed by atoms with Crippen molar-refractivity contribution in [1.29, 1.82) is 5.26 Å². The van der Waals surface area contributed by atoms with Gasteiger partial charge in [-0.05, 0) is 25.3 Å². The summed E-state index contributed by atoms with van der Waals surface area (Å²) in [6, 6.07) is 2.01. The summed E-state index contributed by atoms with van der Waals surface area (Å²) in [6.45, 7) is 3.63. The van der Waals surface area contributed by atoms with Gasteiger partial charge in [0.2, 0.25) is 5.91 Å². The number of carbonyl (C=O) groups is 1. The van der Waals surface area contributed by atoms with Crippen LogP contribution in [-0.4, -0.2) is 37.0 Å². The molecule has 0 saturated carbocycles. The molecule has 0 aromatic rings. The molecule has 0 spiro atoms. The van der Waals surface area contributed by atoms with E-state index in [1.54, 1.807) is 11.9 Å². The Labute approximate surface area is 91.2 Å². The zero-order chi connectivity index (χ0) is 11.3. The number of piperidine rings is 1. The van der Waals surface area contributed by atoms with Crippen molar-refractivity contribution in [3.05, 3.63) is 0 Å².